The van der Waals surface area contributed by atoms with Crippen molar-refractivity contribution in [3.05, 3.63) is 100 Å². The summed E-state index contributed by atoms with van der Waals surface area (Å²) in [5, 5.41) is 3.76. The van der Waals surface area contributed by atoms with Gasteiger partial charge in [0, 0.05) is 56.0 Å². The highest BCUT2D eigenvalue weighted by atomic mass is 35.5. The molecular weight excluding hydrogens is 516 g/mol. The van der Waals surface area contributed by atoms with Crippen LogP contribution in [-0.2, 0) is 19.1 Å². The minimum Gasteiger partial charge on any atom is -0.465 e. The lowest BCUT2D eigenvalue weighted by Crippen LogP contribution is -2.32. The maximum absolute atomic E-state index is 13.0. The van der Waals surface area contributed by atoms with Crippen LogP contribution in [0.4, 0.5) is 11.4 Å². The molecule has 0 aliphatic carbocycles. The highest BCUT2D eigenvalue weighted by Gasteiger charge is 2.15. The molecule has 0 radical (unpaired) electrons. The highest BCUT2D eigenvalue weighted by molar-refractivity contribution is 6.35. The zero-order valence-electron chi connectivity index (χ0n) is 22.4. The molecule has 3 rings (SSSR count). The first kappa shape index (κ1) is 29.6. The third-order valence-electron chi connectivity index (χ3n) is 5.93. The van der Waals surface area contributed by atoms with Crippen molar-refractivity contribution < 1.29 is 23.9 Å². The number of hydrogen-bond acceptors (Lipinski definition) is 7. The quantitative estimate of drug-likeness (QED) is 0.205. The number of esters is 2. The van der Waals surface area contributed by atoms with E-state index >= 15 is 0 Å². The van der Waals surface area contributed by atoms with Gasteiger partial charge < -0.3 is 14.8 Å². The number of benzene rings is 3. The molecule has 0 spiro atoms. The van der Waals surface area contributed by atoms with Crippen molar-refractivity contribution in [1.29, 1.82) is 0 Å². The van der Waals surface area contributed by atoms with E-state index < -0.39 is 0 Å². The van der Waals surface area contributed by atoms with E-state index in [2.05, 4.69) is 5.32 Å². The third kappa shape index (κ3) is 9.39. The van der Waals surface area contributed by atoms with E-state index in [-0.39, 0.29) is 30.9 Å². The summed E-state index contributed by atoms with van der Waals surface area (Å²) in [7, 11) is 0. The molecule has 0 amide bonds. The van der Waals surface area contributed by atoms with E-state index in [1.807, 2.05) is 72.5 Å². The van der Waals surface area contributed by atoms with Gasteiger partial charge in [0.2, 0.25) is 0 Å². The fourth-order valence-corrected chi connectivity index (χ4v) is 4.19. The maximum Gasteiger partial charge on any atom is 0.302 e. The number of nitrogens with zero attached hydrogens (tertiary/aromatic N) is 1. The molecule has 7 nitrogen and oxygen atoms in total. The smallest absolute Gasteiger partial charge is 0.302 e. The zero-order chi connectivity index (χ0) is 28.2. The van der Waals surface area contributed by atoms with E-state index in [0.29, 0.717) is 35.8 Å². The van der Waals surface area contributed by atoms with Crippen LogP contribution in [0, 0.1) is 6.92 Å². The first-order chi connectivity index (χ1) is 18.7. The third-order valence-corrected chi connectivity index (χ3v) is 6.24. The summed E-state index contributed by atoms with van der Waals surface area (Å²) >= 11 is 6.53. The number of aryl methyl sites for hydroxylation is 1. The lowest BCUT2D eigenvalue weighted by molar-refractivity contribution is -0.141. The van der Waals surface area contributed by atoms with Gasteiger partial charge in [0.15, 0.2) is 5.78 Å². The number of hydrogen-bond donors (Lipinski definition) is 1. The fraction of sp³-hybridized carbons (Fsp3) is 0.258. The predicted molar refractivity (Wildman–Crippen MR) is 155 cm³/mol. The highest BCUT2D eigenvalue weighted by Crippen LogP contribution is 2.28. The minimum absolute atomic E-state index is 0.111. The number of carbonyl (C=O) groups excluding carboxylic acids is 3. The molecule has 0 aromatic heterocycles. The first-order valence-corrected chi connectivity index (χ1v) is 13.0. The lowest BCUT2D eigenvalue weighted by Gasteiger charge is -2.20. The number of halogens is 1. The number of anilines is 2. The van der Waals surface area contributed by atoms with Gasteiger partial charge in [-0.15, -0.1) is 0 Å². The predicted octanol–water partition coefficient (Wildman–Crippen LogP) is 6.06. The van der Waals surface area contributed by atoms with Crippen LogP contribution < -0.4 is 5.32 Å². The average Bonchev–Trinajstić information content (AvgIpc) is 2.89. The topological polar surface area (TPSA) is 84.9 Å². The second-order valence-electron chi connectivity index (χ2n) is 8.93. The van der Waals surface area contributed by atoms with Crippen molar-refractivity contribution in [3.8, 4) is 0 Å². The Hall–Kier alpha value is -3.94. The Bertz CT molecular complexity index is 1320. The Balaban J connectivity index is 1.69. The molecule has 0 aliphatic heterocycles. The monoisotopic (exact) mass is 548 g/mol. The zero-order valence-corrected chi connectivity index (χ0v) is 23.2. The van der Waals surface area contributed by atoms with Gasteiger partial charge in [-0.2, -0.15) is 0 Å². The number of rotatable bonds is 13. The lowest BCUT2D eigenvalue weighted by atomic mass is 9.99. The molecule has 3 aromatic carbocycles. The molecule has 0 saturated heterocycles. The minimum atomic E-state index is -0.335. The van der Waals surface area contributed by atoms with Gasteiger partial charge in [-0.25, -0.2) is 0 Å². The second kappa shape index (κ2) is 14.9. The summed E-state index contributed by atoms with van der Waals surface area (Å²) in [4.78, 5) is 37.3. The van der Waals surface area contributed by atoms with Gasteiger partial charge in [-0.1, -0.05) is 66.2 Å². The number of nitrogens with one attached hydrogen (secondary N) is 1. The summed E-state index contributed by atoms with van der Waals surface area (Å²) in [6, 6.07) is 20.6. The van der Waals surface area contributed by atoms with Crippen LogP contribution in [0.25, 0.3) is 6.08 Å². The van der Waals surface area contributed by atoms with Gasteiger partial charge in [0.05, 0.1) is 5.02 Å². The van der Waals surface area contributed by atoms with Gasteiger partial charge in [-0.05, 0) is 42.3 Å². The molecule has 1 N–H and O–H groups in total. The van der Waals surface area contributed by atoms with Crippen LogP contribution in [0.3, 0.4) is 0 Å². The summed E-state index contributed by atoms with van der Waals surface area (Å²) in [5.41, 5.74) is 4.56. The van der Waals surface area contributed by atoms with E-state index in [9.17, 15) is 14.4 Å². The van der Waals surface area contributed by atoms with E-state index in [0.717, 1.165) is 22.5 Å². The van der Waals surface area contributed by atoms with Crippen LogP contribution in [0.2, 0.25) is 5.02 Å². The molecule has 204 valence electrons. The van der Waals surface area contributed by atoms with Crippen molar-refractivity contribution in [2.45, 2.75) is 20.8 Å². The van der Waals surface area contributed by atoms with Crippen LogP contribution in [0.1, 0.15) is 40.9 Å². The van der Waals surface area contributed by atoms with Gasteiger partial charge in [0.25, 0.3) is 0 Å². The summed E-state index contributed by atoms with van der Waals surface area (Å²) in [5.74, 6) is -0.781. The fourth-order valence-electron chi connectivity index (χ4n) is 3.92. The molecule has 8 heteroatoms. The molecule has 0 heterocycles. The van der Waals surface area contributed by atoms with Crippen molar-refractivity contribution in [1.82, 2.24) is 4.90 Å². The van der Waals surface area contributed by atoms with Crippen molar-refractivity contribution in [2.75, 3.05) is 38.2 Å². The van der Waals surface area contributed by atoms with Crippen LogP contribution in [0.15, 0.2) is 72.8 Å². The maximum atomic E-state index is 13.0. The SMILES string of the molecule is CC(=O)OCCN(C/C=C/c1ccccc1Nc1ccc(C(=O)c2ccccc2C)c(Cl)c1)CCOC(C)=O. The Morgan fingerprint density at radius 3 is 2.15 bits per heavy atom. The molecular formula is C31H33ClN2O5. The molecule has 0 atom stereocenters. The van der Waals surface area contributed by atoms with E-state index in [4.69, 9.17) is 21.1 Å². The van der Waals surface area contributed by atoms with Crippen LogP contribution in [0.5, 0.6) is 0 Å². The standard InChI is InChI=1S/C31H33ClN2O5/c1-22-9-4-6-12-27(22)31(37)28-15-14-26(21-29(28)32)33-30-13-7-5-10-25(30)11-8-16-34(17-19-38-23(2)35)18-20-39-24(3)36/h4-15,21,33H,16-20H2,1-3H3/b11-8+. The Labute approximate surface area is 234 Å². The molecule has 3 aromatic rings. The number of para-hydroxylation sites is 1. The molecule has 0 saturated carbocycles. The number of ether oxygens (including phenoxy) is 2. The Morgan fingerprint density at radius 2 is 1.51 bits per heavy atom. The van der Waals surface area contributed by atoms with Gasteiger partial charge >= 0.3 is 11.9 Å². The average molecular weight is 549 g/mol. The molecule has 39 heavy (non-hydrogen) atoms. The van der Waals surface area contributed by atoms with Crippen molar-refractivity contribution >= 4 is 46.8 Å². The summed E-state index contributed by atoms with van der Waals surface area (Å²) < 4.78 is 10.1. The Morgan fingerprint density at radius 1 is 0.872 bits per heavy atom. The molecule has 0 aliphatic rings. The van der Waals surface area contributed by atoms with Crippen LogP contribution >= 0.6 is 11.6 Å². The molecule has 0 unspecified atom stereocenters. The van der Waals surface area contributed by atoms with E-state index in [1.165, 1.54) is 13.8 Å². The van der Waals surface area contributed by atoms with Gasteiger partial charge in [0.1, 0.15) is 13.2 Å². The molecule has 0 bridgehead atoms. The number of ketones is 1. The first-order valence-electron chi connectivity index (χ1n) is 12.7. The van der Waals surface area contributed by atoms with Crippen molar-refractivity contribution in [2.24, 2.45) is 0 Å². The summed E-state index contributed by atoms with van der Waals surface area (Å²) in [6.07, 6.45) is 3.99. The number of carbonyl (C=O) groups is 3. The largest absolute Gasteiger partial charge is 0.465 e. The Kier molecular flexibility index (Phi) is 11.3. The normalized spacial score (nSPS) is 11.0. The van der Waals surface area contributed by atoms with Crippen molar-refractivity contribution in [3.63, 3.8) is 0 Å². The van der Waals surface area contributed by atoms with Gasteiger partial charge in [-0.3, -0.25) is 19.3 Å². The molecule has 0 fully saturated rings. The van der Waals surface area contributed by atoms with Crippen LogP contribution in [-0.4, -0.2) is 55.5 Å². The van der Waals surface area contributed by atoms with E-state index in [1.54, 1.807) is 18.2 Å². The second-order valence-corrected chi connectivity index (χ2v) is 9.34. The summed E-state index contributed by atoms with van der Waals surface area (Å²) in [6.45, 7) is 6.74.